The second-order valence-electron chi connectivity index (χ2n) is 21.3. The van der Waals surface area contributed by atoms with Gasteiger partial charge < -0.3 is 4.74 Å². The maximum atomic E-state index is 6.83. The molecule has 1 aliphatic heterocycles. The number of fused-ring (bicyclic) bond motifs is 4. The maximum Gasteiger partial charge on any atom is 0.503 e. The van der Waals surface area contributed by atoms with Crippen LogP contribution < -0.4 is 19.1 Å². The molecule has 5 nitrogen and oxygen atoms in total. The Balaban J connectivity index is 1.18. The fraction of sp³-hybridized carbons (Fsp3) is 0.263. The first-order chi connectivity index (χ1) is 29.7. The first-order valence-electron chi connectivity index (χ1n) is 22.3. The summed E-state index contributed by atoms with van der Waals surface area (Å²) in [5.74, 6) is 2.39. The molecule has 2 aromatic heterocycles. The number of rotatable bonds is 7. The van der Waals surface area contributed by atoms with Crippen LogP contribution in [-0.4, -0.2) is 23.6 Å². The lowest BCUT2D eigenvalue weighted by Crippen LogP contribution is -2.39. The Morgan fingerprint density at radius 2 is 1.21 bits per heavy atom. The van der Waals surface area contributed by atoms with Gasteiger partial charge in [0.1, 0.15) is 17.3 Å². The van der Waals surface area contributed by atoms with Crippen molar-refractivity contribution in [2.45, 2.75) is 98.2 Å². The van der Waals surface area contributed by atoms with Crippen LogP contribution in [0.1, 0.15) is 79.0 Å². The zero-order valence-electron chi connectivity index (χ0n) is 39.1. The van der Waals surface area contributed by atoms with Gasteiger partial charge in [0.25, 0.3) is 11.4 Å². The smallest absolute Gasteiger partial charge is 0.457 e. The van der Waals surface area contributed by atoms with Gasteiger partial charge in [-0.25, -0.2) is 4.98 Å². The minimum absolute atomic E-state index is 0.0162. The van der Waals surface area contributed by atoms with Crippen molar-refractivity contribution in [1.82, 2.24) is 18.7 Å². The van der Waals surface area contributed by atoms with Crippen molar-refractivity contribution < 1.29 is 4.74 Å². The van der Waals surface area contributed by atoms with Gasteiger partial charge in [-0.15, -0.1) is 0 Å². The predicted molar refractivity (Wildman–Crippen MR) is 270 cm³/mol. The van der Waals surface area contributed by atoms with Crippen molar-refractivity contribution in [3.63, 3.8) is 0 Å². The minimum atomic E-state index is -1.80. The Hall–Kier alpha value is -6.33. The van der Waals surface area contributed by atoms with Crippen molar-refractivity contribution in [2.24, 2.45) is 0 Å². The molecule has 1 aliphatic rings. The molecule has 8 aromatic rings. The molecule has 0 atom stereocenters. The zero-order valence-corrected chi connectivity index (χ0v) is 40.1. The van der Waals surface area contributed by atoms with Gasteiger partial charge in [-0.3, -0.25) is 4.57 Å². The fourth-order valence-electron chi connectivity index (χ4n) is 8.70. The summed E-state index contributed by atoms with van der Waals surface area (Å²) in [5, 5.41) is 3.72. The topological polar surface area (TPSA) is 33.1 Å². The molecule has 6 aromatic carbocycles. The lowest BCUT2D eigenvalue weighted by molar-refractivity contribution is 0.483. The van der Waals surface area contributed by atoms with E-state index in [1.165, 1.54) is 44.1 Å². The van der Waals surface area contributed by atoms with Crippen LogP contribution in [0.4, 0.5) is 22.7 Å². The van der Waals surface area contributed by atoms with Crippen molar-refractivity contribution >= 4 is 63.8 Å². The number of hydrogen-bond donors (Lipinski definition) is 0. The Kier molecular flexibility index (Phi) is 10.1. The fourth-order valence-corrected chi connectivity index (χ4v) is 10.2. The summed E-state index contributed by atoms with van der Waals surface area (Å²) in [6, 6.07) is 54.3. The quantitative estimate of drug-likeness (QED) is 0.118. The normalized spacial score (nSPS) is 13.3. The molecule has 0 aliphatic carbocycles. The van der Waals surface area contributed by atoms with Gasteiger partial charge in [0, 0.05) is 52.5 Å². The Morgan fingerprint density at radius 3 is 1.89 bits per heavy atom. The third kappa shape index (κ3) is 7.99. The lowest BCUT2D eigenvalue weighted by Gasteiger charge is -2.25. The molecular weight excluding hydrogens is 785 g/mol. The van der Waals surface area contributed by atoms with E-state index in [4.69, 9.17) is 9.72 Å². The maximum absolute atomic E-state index is 6.83. The molecule has 0 amide bonds. The molecule has 0 unspecified atom stereocenters. The van der Waals surface area contributed by atoms with Crippen molar-refractivity contribution in [2.75, 3.05) is 0 Å². The molecule has 0 spiro atoms. The second kappa shape index (κ2) is 15.2. The van der Waals surface area contributed by atoms with E-state index in [-0.39, 0.29) is 16.2 Å². The standard InChI is InChI=1S/C57H60N4OSi/c1-55(2,3)40-28-29-58-53(34-40)61-49-27-24-39(38-18-14-13-15-19-38)30-48(49)47-26-25-46(36-51(47)61)62-45-21-16-20-43(35-45)59-37-60(54-50(59)22-17-23-52(54)63(10,11)12)44-32-41(56(4,5)6)31-42(33-44)57(7,8)9/h13-36H,1-12H3/q+2. The van der Waals surface area contributed by atoms with Crippen LogP contribution in [0.3, 0.4) is 0 Å². The zero-order chi connectivity index (χ0) is 44.6. The van der Waals surface area contributed by atoms with Crippen molar-refractivity contribution in [3.05, 3.63) is 162 Å². The van der Waals surface area contributed by atoms with E-state index in [9.17, 15) is 0 Å². The van der Waals surface area contributed by atoms with Crippen LogP contribution in [0.15, 0.2) is 146 Å². The second-order valence-corrected chi connectivity index (χ2v) is 26.4. The van der Waals surface area contributed by atoms with Gasteiger partial charge in [-0.05, 0) is 95.7 Å². The van der Waals surface area contributed by atoms with Crippen LogP contribution in [-0.2, 0) is 16.2 Å². The van der Waals surface area contributed by atoms with E-state index in [1.807, 2.05) is 12.3 Å². The molecule has 0 bridgehead atoms. The molecular formula is C57H60N4OSi+2. The number of aromatic nitrogens is 2. The third-order valence-corrected chi connectivity index (χ3v) is 14.4. The molecule has 316 valence electrons. The van der Waals surface area contributed by atoms with E-state index < -0.39 is 8.07 Å². The van der Waals surface area contributed by atoms with Gasteiger partial charge in [0.05, 0.1) is 25.2 Å². The summed E-state index contributed by atoms with van der Waals surface area (Å²) >= 11 is 0. The lowest BCUT2D eigenvalue weighted by atomic mass is 9.80. The van der Waals surface area contributed by atoms with Gasteiger partial charge in [0.15, 0.2) is 0 Å². The summed E-state index contributed by atoms with van der Waals surface area (Å²) in [6.07, 6.45) is 1.93. The Morgan fingerprint density at radius 1 is 0.524 bits per heavy atom. The SMILES string of the molecule is CC(C)(C)c1cc([N+]2=C=[N+](c3cccc(Oc4ccc5c6cc(-c7ccccc7)ccc6n(-c6cc(C(C)(C)C)ccn6)c5c4)c3)c3cccc([Si](C)(C)C)c32)cc(C(C)(C)C)c1. The summed E-state index contributed by atoms with van der Waals surface area (Å²) < 4.78 is 13.7. The highest BCUT2D eigenvalue weighted by Crippen LogP contribution is 2.42. The molecule has 9 rings (SSSR count). The van der Waals surface area contributed by atoms with E-state index in [1.54, 1.807) is 0 Å². The highest BCUT2D eigenvalue weighted by atomic mass is 28.3. The van der Waals surface area contributed by atoms with Crippen LogP contribution in [0.5, 0.6) is 11.5 Å². The van der Waals surface area contributed by atoms with E-state index >= 15 is 0 Å². The highest BCUT2D eigenvalue weighted by Gasteiger charge is 2.42. The molecule has 3 heterocycles. The summed E-state index contributed by atoms with van der Waals surface area (Å²) in [6.45, 7) is 27.8. The molecule has 6 heteroatoms. The van der Waals surface area contributed by atoms with Crippen LogP contribution in [0, 0.1) is 0 Å². The number of para-hydroxylation sites is 1. The highest BCUT2D eigenvalue weighted by molar-refractivity contribution is 6.89. The van der Waals surface area contributed by atoms with Crippen LogP contribution >= 0.6 is 0 Å². The third-order valence-electron chi connectivity index (χ3n) is 12.4. The van der Waals surface area contributed by atoms with Gasteiger partial charge in [0.2, 0.25) is 11.4 Å². The van der Waals surface area contributed by atoms with E-state index in [0.29, 0.717) is 0 Å². The van der Waals surface area contributed by atoms with Gasteiger partial charge >= 0.3 is 6.01 Å². The summed E-state index contributed by atoms with van der Waals surface area (Å²) in [4.78, 5) is 4.95. The summed E-state index contributed by atoms with van der Waals surface area (Å²) in [5.41, 5.74) is 12.8. The van der Waals surface area contributed by atoms with Gasteiger partial charge in [-0.1, -0.05) is 143 Å². The molecule has 0 radical (unpaired) electrons. The van der Waals surface area contributed by atoms with Crippen LogP contribution in [0.25, 0.3) is 38.8 Å². The average molecular weight is 845 g/mol. The van der Waals surface area contributed by atoms with Crippen molar-refractivity contribution in [1.29, 1.82) is 0 Å². The molecule has 63 heavy (non-hydrogen) atoms. The first kappa shape index (κ1) is 42.0. The predicted octanol–water partition coefficient (Wildman–Crippen LogP) is 14.9. The molecule has 0 saturated heterocycles. The molecule has 0 saturated carbocycles. The number of pyridine rings is 1. The summed E-state index contributed by atoms with van der Waals surface area (Å²) in [7, 11) is -1.80. The Labute approximate surface area is 374 Å². The number of ether oxygens (including phenoxy) is 1. The Bertz CT molecular complexity index is 3130. The van der Waals surface area contributed by atoms with Crippen molar-refractivity contribution in [3.8, 4) is 28.4 Å². The molecule has 0 fully saturated rings. The van der Waals surface area contributed by atoms with E-state index in [0.717, 1.165) is 50.8 Å². The van der Waals surface area contributed by atoms with Gasteiger partial charge in [-0.2, -0.15) is 0 Å². The van der Waals surface area contributed by atoms with E-state index in [2.05, 4.69) is 235 Å². The van der Waals surface area contributed by atoms with Crippen LogP contribution in [0.2, 0.25) is 19.6 Å². The molecule has 0 N–H and O–H groups in total. The average Bonchev–Trinajstić information content (AvgIpc) is 3.78. The first-order valence-corrected chi connectivity index (χ1v) is 25.8. The minimum Gasteiger partial charge on any atom is -0.457 e. The number of nitrogens with zero attached hydrogens (tertiary/aromatic N) is 4. The largest absolute Gasteiger partial charge is 0.503 e. The monoisotopic (exact) mass is 844 g/mol. The number of benzene rings is 6. The number of hydrogen-bond acceptors (Lipinski definition) is 2.